The predicted octanol–water partition coefficient (Wildman–Crippen LogP) is 3.38. The lowest BCUT2D eigenvalue weighted by molar-refractivity contribution is 0.226. The number of ether oxygens (including phenoxy) is 1. The average Bonchev–Trinajstić information content (AvgIpc) is 3.17. The van der Waals surface area contributed by atoms with Gasteiger partial charge in [0, 0.05) is 31.7 Å². The van der Waals surface area contributed by atoms with E-state index in [4.69, 9.17) is 9.15 Å². The number of aryl methyl sites for hydroxylation is 1. The summed E-state index contributed by atoms with van der Waals surface area (Å²) in [5.74, 6) is 2.18. The van der Waals surface area contributed by atoms with Crippen molar-refractivity contribution in [2.24, 2.45) is 0 Å². The van der Waals surface area contributed by atoms with Crippen LogP contribution in [0.5, 0.6) is 5.75 Å². The van der Waals surface area contributed by atoms with E-state index in [-0.39, 0.29) is 0 Å². The first-order valence-corrected chi connectivity index (χ1v) is 9.23. The Morgan fingerprint density at radius 2 is 1.70 bits per heavy atom. The maximum absolute atomic E-state index is 5.90. The third-order valence-corrected chi connectivity index (χ3v) is 5.00. The number of methoxy groups -OCH3 is 1. The number of hydrogen-bond acceptors (Lipinski definition) is 6. The number of aromatic nitrogens is 2. The molecular formula is C21H24N4O2. The van der Waals surface area contributed by atoms with Gasteiger partial charge >= 0.3 is 0 Å². The molecule has 3 aromatic rings. The van der Waals surface area contributed by atoms with E-state index in [9.17, 15) is 0 Å². The molecule has 0 aliphatic carbocycles. The number of para-hydroxylation sites is 2. The maximum Gasteiger partial charge on any atom is 0.248 e. The van der Waals surface area contributed by atoms with Gasteiger partial charge in [0.2, 0.25) is 11.8 Å². The molecule has 0 atom stereocenters. The van der Waals surface area contributed by atoms with Crippen LogP contribution in [-0.4, -0.2) is 48.4 Å². The molecule has 140 valence electrons. The van der Waals surface area contributed by atoms with Gasteiger partial charge in [-0.3, -0.25) is 4.90 Å². The average molecular weight is 364 g/mol. The van der Waals surface area contributed by atoms with Crippen molar-refractivity contribution in [2.75, 3.05) is 38.2 Å². The van der Waals surface area contributed by atoms with Crippen molar-refractivity contribution in [1.29, 1.82) is 0 Å². The van der Waals surface area contributed by atoms with E-state index in [1.807, 2.05) is 30.3 Å². The van der Waals surface area contributed by atoms with Crippen molar-refractivity contribution in [2.45, 2.75) is 13.5 Å². The minimum absolute atomic E-state index is 0.593. The van der Waals surface area contributed by atoms with E-state index in [2.05, 4.69) is 45.1 Å². The molecule has 1 aliphatic heterocycles. The number of rotatable bonds is 5. The Hall–Kier alpha value is -2.86. The molecule has 1 aromatic heterocycles. The molecule has 0 saturated carbocycles. The summed E-state index contributed by atoms with van der Waals surface area (Å²) < 4.78 is 11.4. The normalized spacial score (nSPS) is 15.1. The first-order valence-electron chi connectivity index (χ1n) is 9.23. The third-order valence-electron chi connectivity index (χ3n) is 5.00. The number of hydrogen-bond donors (Lipinski definition) is 0. The van der Waals surface area contributed by atoms with Gasteiger partial charge in [0.25, 0.3) is 0 Å². The molecule has 0 N–H and O–H groups in total. The summed E-state index contributed by atoms with van der Waals surface area (Å²) >= 11 is 0. The van der Waals surface area contributed by atoms with Crippen LogP contribution >= 0.6 is 0 Å². The van der Waals surface area contributed by atoms with Crippen LogP contribution in [0.2, 0.25) is 0 Å². The van der Waals surface area contributed by atoms with Crippen molar-refractivity contribution < 1.29 is 9.15 Å². The summed E-state index contributed by atoms with van der Waals surface area (Å²) in [7, 11) is 1.72. The molecule has 0 radical (unpaired) electrons. The van der Waals surface area contributed by atoms with Crippen LogP contribution in [0.3, 0.4) is 0 Å². The Balaban J connectivity index is 1.38. The fourth-order valence-electron chi connectivity index (χ4n) is 3.47. The number of piperazine rings is 1. The van der Waals surface area contributed by atoms with Crippen LogP contribution in [0.4, 0.5) is 5.69 Å². The van der Waals surface area contributed by atoms with Gasteiger partial charge in [-0.05, 0) is 30.7 Å². The van der Waals surface area contributed by atoms with Gasteiger partial charge in [-0.2, -0.15) is 0 Å². The lowest BCUT2D eigenvalue weighted by Crippen LogP contribution is -2.46. The van der Waals surface area contributed by atoms with Gasteiger partial charge < -0.3 is 14.1 Å². The molecule has 1 aliphatic rings. The molecule has 1 saturated heterocycles. The second-order valence-corrected chi connectivity index (χ2v) is 6.75. The zero-order valence-corrected chi connectivity index (χ0v) is 15.8. The maximum atomic E-state index is 5.90. The Bertz CT molecular complexity index is 900. The standard InChI is InChI=1S/C21H24N4O2/c1-16-7-3-4-8-17(16)21-23-22-20(27-21)15-24-11-13-25(14-12-24)18-9-5-6-10-19(18)26-2/h3-10H,11-15H2,1-2H3. The SMILES string of the molecule is COc1ccccc1N1CCN(Cc2nnc(-c3ccccc3C)o2)CC1. The van der Waals surface area contributed by atoms with E-state index in [1.165, 1.54) is 0 Å². The molecule has 2 aromatic carbocycles. The molecular weight excluding hydrogens is 340 g/mol. The van der Waals surface area contributed by atoms with Crippen LogP contribution in [-0.2, 0) is 6.54 Å². The molecule has 0 bridgehead atoms. The molecule has 0 amide bonds. The summed E-state index contributed by atoms with van der Waals surface area (Å²) in [6.45, 7) is 6.51. The van der Waals surface area contributed by atoms with Crippen molar-refractivity contribution in [1.82, 2.24) is 15.1 Å². The summed E-state index contributed by atoms with van der Waals surface area (Å²) in [6.07, 6.45) is 0. The first kappa shape index (κ1) is 17.5. The quantitative estimate of drug-likeness (QED) is 0.692. The molecule has 0 spiro atoms. The number of benzene rings is 2. The summed E-state index contributed by atoms with van der Waals surface area (Å²) in [5, 5.41) is 8.47. The highest BCUT2D eigenvalue weighted by Gasteiger charge is 2.21. The molecule has 4 rings (SSSR count). The van der Waals surface area contributed by atoms with Crippen LogP contribution in [0, 0.1) is 6.92 Å². The number of anilines is 1. The minimum atomic E-state index is 0.593. The second kappa shape index (κ2) is 7.80. The summed E-state index contributed by atoms with van der Waals surface area (Å²) in [5.41, 5.74) is 3.29. The largest absolute Gasteiger partial charge is 0.495 e. The number of nitrogens with zero attached hydrogens (tertiary/aromatic N) is 4. The van der Waals surface area contributed by atoms with Crippen LogP contribution in [0.25, 0.3) is 11.5 Å². The molecule has 6 heteroatoms. The van der Waals surface area contributed by atoms with E-state index < -0.39 is 0 Å². The van der Waals surface area contributed by atoms with Crippen molar-refractivity contribution >= 4 is 5.69 Å². The van der Waals surface area contributed by atoms with E-state index in [1.54, 1.807) is 7.11 Å². The first-order chi connectivity index (χ1) is 13.2. The Morgan fingerprint density at radius 3 is 2.48 bits per heavy atom. The van der Waals surface area contributed by atoms with Gasteiger partial charge in [0.1, 0.15) is 5.75 Å². The topological polar surface area (TPSA) is 54.6 Å². The van der Waals surface area contributed by atoms with Crippen molar-refractivity contribution in [3.63, 3.8) is 0 Å². The molecule has 0 unspecified atom stereocenters. The fraction of sp³-hybridized carbons (Fsp3) is 0.333. The third kappa shape index (κ3) is 3.80. The van der Waals surface area contributed by atoms with Gasteiger partial charge in [-0.25, -0.2) is 0 Å². The van der Waals surface area contributed by atoms with Crippen LogP contribution in [0.15, 0.2) is 52.9 Å². The molecule has 1 fully saturated rings. The van der Waals surface area contributed by atoms with Gasteiger partial charge in [0.15, 0.2) is 0 Å². The van der Waals surface area contributed by atoms with E-state index >= 15 is 0 Å². The second-order valence-electron chi connectivity index (χ2n) is 6.75. The van der Waals surface area contributed by atoms with Gasteiger partial charge in [0.05, 0.1) is 19.3 Å². The predicted molar refractivity (Wildman–Crippen MR) is 105 cm³/mol. The van der Waals surface area contributed by atoms with Crippen LogP contribution < -0.4 is 9.64 Å². The smallest absolute Gasteiger partial charge is 0.248 e. The molecule has 2 heterocycles. The highest BCUT2D eigenvalue weighted by molar-refractivity contribution is 5.59. The van der Waals surface area contributed by atoms with E-state index in [0.29, 0.717) is 18.3 Å². The zero-order chi connectivity index (χ0) is 18.6. The lowest BCUT2D eigenvalue weighted by atomic mass is 10.1. The Kier molecular flexibility index (Phi) is 5.07. The summed E-state index contributed by atoms with van der Waals surface area (Å²) in [6, 6.07) is 16.2. The zero-order valence-electron chi connectivity index (χ0n) is 15.8. The summed E-state index contributed by atoms with van der Waals surface area (Å²) in [4.78, 5) is 4.71. The highest BCUT2D eigenvalue weighted by Crippen LogP contribution is 2.28. The molecule has 27 heavy (non-hydrogen) atoms. The van der Waals surface area contributed by atoms with Crippen molar-refractivity contribution in [3.05, 3.63) is 60.0 Å². The van der Waals surface area contributed by atoms with Gasteiger partial charge in [-0.1, -0.05) is 30.3 Å². The minimum Gasteiger partial charge on any atom is -0.495 e. The van der Waals surface area contributed by atoms with Crippen LogP contribution in [0.1, 0.15) is 11.5 Å². The lowest BCUT2D eigenvalue weighted by Gasteiger charge is -2.35. The highest BCUT2D eigenvalue weighted by atomic mass is 16.5. The van der Waals surface area contributed by atoms with E-state index in [0.717, 1.165) is 48.7 Å². The Morgan fingerprint density at radius 1 is 0.963 bits per heavy atom. The Labute approximate surface area is 159 Å². The fourth-order valence-corrected chi connectivity index (χ4v) is 3.47. The molecule has 6 nitrogen and oxygen atoms in total. The van der Waals surface area contributed by atoms with Crippen molar-refractivity contribution in [3.8, 4) is 17.2 Å². The van der Waals surface area contributed by atoms with Gasteiger partial charge in [-0.15, -0.1) is 10.2 Å². The monoisotopic (exact) mass is 364 g/mol.